The highest BCUT2D eigenvalue weighted by Gasteiger charge is 2.12. The first-order valence-corrected chi connectivity index (χ1v) is 5.84. The van der Waals surface area contributed by atoms with E-state index >= 15 is 0 Å². The van der Waals surface area contributed by atoms with Crippen LogP contribution in [0.25, 0.3) is 0 Å². The third-order valence-electron chi connectivity index (χ3n) is 2.95. The number of hydrogen-bond acceptors (Lipinski definition) is 5. The number of aromatic nitrogens is 2. The predicted molar refractivity (Wildman–Crippen MR) is 67.7 cm³/mol. The molecule has 1 aromatic heterocycles. The third kappa shape index (κ3) is 3.76. The highest BCUT2D eigenvalue weighted by atomic mass is 16.5. The van der Waals surface area contributed by atoms with Gasteiger partial charge < -0.3 is 14.8 Å². The topological polar surface area (TPSA) is 56.3 Å². The lowest BCUT2D eigenvalue weighted by Crippen LogP contribution is -2.24. The minimum atomic E-state index is 0.303. The van der Waals surface area contributed by atoms with Crippen LogP contribution in [0, 0.1) is 5.92 Å². The van der Waals surface area contributed by atoms with Crippen molar-refractivity contribution in [1.29, 1.82) is 0 Å². The van der Waals surface area contributed by atoms with E-state index in [1.165, 1.54) is 0 Å². The average molecular weight is 239 g/mol. The maximum absolute atomic E-state index is 5.09. The monoisotopic (exact) mass is 239 g/mol. The quantitative estimate of drug-likeness (QED) is 0.825. The summed E-state index contributed by atoms with van der Waals surface area (Å²) in [6, 6.07) is 1.95. The third-order valence-corrected chi connectivity index (χ3v) is 2.95. The molecule has 96 valence electrons. The number of rotatable bonds is 6. The van der Waals surface area contributed by atoms with Crippen molar-refractivity contribution in [2.75, 3.05) is 19.5 Å². The first-order valence-electron chi connectivity index (χ1n) is 5.84. The normalized spacial score (nSPS) is 13.9. The van der Waals surface area contributed by atoms with Crippen molar-refractivity contribution < 1.29 is 9.47 Å². The first kappa shape index (κ1) is 13.5. The standard InChI is InChI=1S/C12H21N3O2/c1-6-8(2)9(3)13-12-14-10(16-4)7-11(15-12)17-5/h7-9H,6H2,1-5H3,(H,13,14,15). The molecule has 0 aliphatic heterocycles. The Hall–Kier alpha value is -1.52. The van der Waals surface area contributed by atoms with Gasteiger partial charge in [0.15, 0.2) is 0 Å². The molecule has 0 bridgehead atoms. The van der Waals surface area contributed by atoms with Crippen molar-refractivity contribution in [3.05, 3.63) is 6.07 Å². The van der Waals surface area contributed by atoms with E-state index in [9.17, 15) is 0 Å². The van der Waals surface area contributed by atoms with Gasteiger partial charge in [0.25, 0.3) is 0 Å². The van der Waals surface area contributed by atoms with E-state index in [-0.39, 0.29) is 0 Å². The summed E-state index contributed by atoms with van der Waals surface area (Å²) < 4.78 is 10.2. The molecule has 0 spiro atoms. The van der Waals surface area contributed by atoms with Crippen LogP contribution in [0.1, 0.15) is 27.2 Å². The number of ether oxygens (including phenoxy) is 2. The van der Waals surface area contributed by atoms with Crippen molar-refractivity contribution in [2.24, 2.45) is 5.92 Å². The summed E-state index contributed by atoms with van der Waals surface area (Å²) >= 11 is 0. The molecular formula is C12H21N3O2. The second-order valence-electron chi connectivity index (χ2n) is 4.09. The fraction of sp³-hybridized carbons (Fsp3) is 0.667. The molecule has 0 aromatic carbocycles. The summed E-state index contributed by atoms with van der Waals surface area (Å²) in [7, 11) is 3.15. The SMILES string of the molecule is CCC(C)C(C)Nc1nc(OC)cc(OC)n1. The number of nitrogens with zero attached hydrogens (tertiary/aromatic N) is 2. The van der Waals surface area contributed by atoms with E-state index in [2.05, 4.69) is 36.1 Å². The Kier molecular flexibility index (Phi) is 5.00. The Labute approximate surface area is 103 Å². The number of nitrogens with one attached hydrogen (secondary N) is 1. The molecule has 0 fully saturated rings. The van der Waals surface area contributed by atoms with Crippen LogP contribution < -0.4 is 14.8 Å². The Morgan fingerprint density at radius 3 is 2.12 bits per heavy atom. The van der Waals surface area contributed by atoms with E-state index in [1.807, 2.05) is 0 Å². The molecule has 0 aliphatic carbocycles. The van der Waals surface area contributed by atoms with E-state index in [4.69, 9.17) is 9.47 Å². The van der Waals surface area contributed by atoms with Crippen LogP contribution in [0.3, 0.4) is 0 Å². The number of hydrogen-bond donors (Lipinski definition) is 1. The zero-order chi connectivity index (χ0) is 12.8. The van der Waals surface area contributed by atoms with E-state index in [0.29, 0.717) is 29.7 Å². The van der Waals surface area contributed by atoms with Crippen molar-refractivity contribution >= 4 is 5.95 Å². The summed E-state index contributed by atoms with van der Waals surface area (Å²) in [6.45, 7) is 6.47. The van der Waals surface area contributed by atoms with Gasteiger partial charge in [-0.15, -0.1) is 0 Å². The van der Waals surface area contributed by atoms with Crippen LogP contribution in [0.15, 0.2) is 6.07 Å². The van der Waals surface area contributed by atoms with Gasteiger partial charge in [0.1, 0.15) is 0 Å². The predicted octanol–water partition coefficient (Wildman–Crippen LogP) is 2.34. The largest absolute Gasteiger partial charge is 0.481 e. The van der Waals surface area contributed by atoms with Crippen LogP contribution in [0.5, 0.6) is 11.8 Å². The second-order valence-corrected chi connectivity index (χ2v) is 4.09. The van der Waals surface area contributed by atoms with Crippen molar-refractivity contribution in [2.45, 2.75) is 33.2 Å². The van der Waals surface area contributed by atoms with E-state index in [0.717, 1.165) is 6.42 Å². The second kappa shape index (κ2) is 6.27. The van der Waals surface area contributed by atoms with Gasteiger partial charge in [-0.2, -0.15) is 9.97 Å². The van der Waals surface area contributed by atoms with Gasteiger partial charge in [0.2, 0.25) is 17.7 Å². The van der Waals surface area contributed by atoms with Gasteiger partial charge in [-0.3, -0.25) is 0 Å². The first-order chi connectivity index (χ1) is 8.10. The lowest BCUT2D eigenvalue weighted by molar-refractivity contribution is 0.372. The van der Waals surface area contributed by atoms with Gasteiger partial charge in [-0.05, 0) is 12.8 Å². The minimum Gasteiger partial charge on any atom is -0.481 e. The Morgan fingerprint density at radius 1 is 1.18 bits per heavy atom. The van der Waals surface area contributed by atoms with Crippen LogP contribution >= 0.6 is 0 Å². The van der Waals surface area contributed by atoms with E-state index in [1.54, 1.807) is 20.3 Å². The highest BCUT2D eigenvalue weighted by molar-refractivity contribution is 5.34. The molecule has 0 aliphatic rings. The molecule has 1 N–H and O–H groups in total. The zero-order valence-electron chi connectivity index (χ0n) is 11.2. The maximum atomic E-state index is 5.09. The number of anilines is 1. The van der Waals surface area contributed by atoms with Crippen molar-refractivity contribution in [3.8, 4) is 11.8 Å². The summed E-state index contributed by atoms with van der Waals surface area (Å²) in [5.41, 5.74) is 0. The van der Waals surface area contributed by atoms with Gasteiger partial charge in [-0.25, -0.2) is 0 Å². The van der Waals surface area contributed by atoms with Crippen LogP contribution in [0.2, 0.25) is 0 Å². The molecule has 17 heavy (non-hydrogen) atoms. The zero-order valence-corrected chi connectivity index (χ0v) is 11.2. The molecule has 1 aromatic rings. The summed E-state index contributed by atoms with van der Waals surface area (Å²) in [5.74, 6) is 2.08. The van der Waals surface area contributed by atoms with Gasteiger partial charge in [0.05, 0.1) is 20.3 Å². The smallest absolute Gasteiger partial charge is 0.229 e. The molecule has 2 atom stereocenters. The molecule has 5 nitrogen and oxygen atoms in total. The molecule has 0 radical (unpaired) electrons. The molecule has 5 heteroatoms. The molecular weight excluding hydrogens is 218 g/mol. The lowest BCUT2D eigenvalue weighted by Gasteiger charge is -2.20. The molecule has 1 rings (SSSR count). The summed E-state index contributed by atoms with van der Waals surface area (Å²) in [5, 5.41) is 3.26. The average Bonchev–Trinajstić information content (AvgIpc) is 2.36. The molecule has 1 heterocycles. The Morgan fingerprint density at radius 2 is 1.71 bits per heavy atom. The van der Waals surface area contributed by atoms with E-state index < -0.39 is 0 Å². The van der Waals surface area contributed by atoms with Gasteiger partial charge >= 0.3 is 0 Å². The highest BCUT2D eigenvalue weighted by Crippen LogP contribution is 2.19. The van der Waals surface area contributed by atoms with Crippen LogP contribution in [-0.2, 0) is 0 Å². The minimum absolute atomic E-state index is 0.303. The lowest BCUT2D eigenvalue weighted by atomic mass is 10.0. The molecule has 2 unspecified atom stereocenters. The fourth-order valence-corrected chi connectivity index (χ4v) is 1.38. The molecule has 0 amide bonds. The van der Waals surface area contributed by atoms with Gasteiger partial charge in [-0.1, -0.05) is 20.3 Å². The van der Waals surface area contributed by atoms with Gasteiger partial charge in [0, 0.05) is 6.04 Å². The Balaban J connectivity index is 2.82. The molecule has 0 saturated carbocycles. The summed E-state index contributed by atoms with van der Waals surface area (Å²) in [6.07, 6.45) is 1.11. The maximum Gasteiger partial charge on any atom is 0.229 e. The number of methoxy groups -OCH3 is 2. The van der Waals surface area contributed by atoms with Crippen molar-refractivity contribution in [3.63, 3.8) is 0 Å². The fourth-order valence-electron chi connectivity index (χ4n) is 1.38. The Bertz CT molecular complexity index is 335. The van der Waals surface area contributed by atoms with Crippen molar-refractivity contribution in [1.82, 2.24) is 9.97 Å². The summed E-state index contributed by atoms with van der Waals surface area (Å²) in [4.78, 5) is 8.46. The van der Waals surface area contributed by atoms with Crippen LogP contribution in [-0.4, -0.2) is 30.2 Å². The van der Waals surface area contributed by atoms with Crippen LogP contribution in [0.4, 0.5) is 5.95 Å². The molecule has 0 saturated heterocycles.